The Morgan fingerprint density at radius 3 is 2.87 bits per heavy atom. The lowest BCUT2D eigenvalue weighted by Crippen LogP contribution is -2.45. The summed E-state index contributed by atoms with van der Waals surface area (Å²) >= 11 is 2.15. The third kappa shape index (κ3) is 2.71. The maximum absolute atomic E-state index is 3.79. The zero-order chi connectivity index (χ0) is 10.7. The van der Waals surface area contributed by atoms with Crippen molar-refractivity contribution in [2.24, 2.45) is 11.8 Å². The van der Waals surface area contributed by atoms with E-state index in [-0.39, 0.29) is 0 Å². The van der Waals surface area contributed by atoms with Gasteiger partial charge in [-0.15, -0.1) is 0 Å². The van der Waals surface area contributed by atoms with Gasteiger partial charge >= 0.3 is 0 Å². The summed E-state index contributed by atoms with van der Waals surface area (Å²) in [6.45, 7) is 6.03. The zero-order valence-corrected chi connectivity index (χ0v) is 11.0. The van der Waals surface area contributed by atoms with Crippen molar-refractivity contribution in [1.29, 1.82) is 0 Å². The van der Waals surface area contributed by atoms with Crippen LogP contribution in [-0.4, -0.2) is 23.6 Å². The van der Waals surface area contributed by atoms with Gasteiger partial charge in [0, 0.05) is 5.54 Å². The van der Waals surface area contributed by atoms with Crippen LogP contribution in [0.15, 0.2) is 0 Å². The molecule has 2 heteroatoms. The van der Waals surface area contributed by atoms with Crippen molar-refractivity contribution >= 4 is 11.8 Å². The first-order valence-electron chi connectivity index (χ1n) is 6.56. The Bertz CT molecular complexity index is 191. The molecule has 2 unspecified atom stereocenters. The molecule has 0 saturated carbocycles. The van der Waals surface area contributed by atoms with Crippen LogP contribution in [0.25, 0.3) is 0 Å². The summed E-state index contributed by atoms with van der Waals surface area (Å²) in [5, 5.41) is 3.79. The fraction of sp³-hybridized carbons (Fsp3) is 1.00. The summed E-state index contributed by atoms with van der Waals surface area (Å²) in [6.07, 6.45) is 7.13. The molecule has 0 spiro atoms. The molecule has 0 amide bonds. The quantitative estimate of drug-likeness (QED) is 0.791. The van der Waals surface area contributed by atoms with Crippen LogP contribution in [0.4, 0.5) is 0 Å². The highest BCUT2D eigenvalue weighted by Crippen LogP contribution is 2.36. The summed E-state index contributed by atoms with van der Waals surface area (Å²) in [5.41, 5.74) is 0.493. The van der Waals surface area contributed by atoms with E-state index >= 15 is 0 Å². The van der Waals surface area contributed by atoms with E-state index in [0.717, 1.165) is 11.8 Å². The summed E-state index contributed by atoms with van der Waals surface area (Å²) < 4.78 is 0. The fourth-order valence-electron chi connectivity index (χ4n) is 3.10. The van der Waals surface area contributed by atoms with Crippen molar-refractivity contribution in [3.63, 3.8) is 0 Å². The van der Waals surface area contributed by atoms with Crippen LogP contribution in [0.2, 0.25) is 0 Å². The highest BCUT2D eigenvalue weighted by Gasteiger charge is 2.36. The second-order valence-electron chi connectivity index (χ2n) is 5.61. The van der Waals surface area contributed by atoms with Crippen molar-refractivity contribution in [3.8, 4) is 0 Å². The molecule has 0 radical (unpaired) electrons. The average Bonchev–Trinajstić information content (AvgIpc) is 2.87. The predicted octanol–water partition coefficient (Wildman–Crippen LogP) is 3.30. The molecule has 2 atom stereocenters. The first-order chi connectivity index (χ1) is 7.23. The van der Waals surface area contributed by atoms with Crippen LogP contribution in [0, 0.1) is 11.8 Å². The maximum Gasteiger partial charge on any atom is 0.0205 e. The molecule has 0 aromatic heterocycles. The van der Waals surface area contributed by atoms with Crippen molar-refractivity contribution in [2.45, 2.75) is 51.5 Å². The Morgan fingerprint density at radius 1 is 1.47 bits per heavy atom. The maximum atomic E-state index is 3.79. The lowest BCUT2D eigenvalue weighted by atomic mass is 9.79. The third-order valence-electron chi connectivity index (χ3n) is 4.40. The summed E-state index contributed by atoms with van der Waals surface area (Å²) in [4.78, 5) is 0. The van der Waals surface area contributed by atoms with Gasteiger partial charge < -0.3 is 5.32 Å². The predicted molar refractivity (Wildman–Crippen MR) is 69.5 cm³/mol. The van der Waals surface area contributed by atoms with E-state index in [1.54, 1.807) is 0 Å². The SMILES string of the molecule is CC(C)C1(CCC2CCSC2)CCCN1. The molecule has 0 bridgehead atoms. The van der Waals surface area contributed by atoms with Crippen LogP contribution in [0.3, 0.4) is 0 Å². The average molecular weight is 227 g/mol. The number of hydrogen-bond acceptors (Lipinski definition) is 2. The van der Waals surface area contributed by atoms with E-state index in [1.807, 2.05) is 0 Å². The normalized spacial score (nSPS) is 36.6. The van der Waals surface area contributed by atoms with E-state index in [1.165, 1.54) is 50.2 Å². The van der Waals surface area contributed by atoms with Crippen LogP contribution >= 0.6 is 11.8 Å². The Hall–Kier alpha value is 0.310. The summed E-state index contributed by atoms with van der Waals surface area (Å²) in [5.74, 6) is 4.66. The monoisotopic (exact) mass is 227 g/mol. The van der Waals surface area contributed by atoms with E-state index in [2.05, 4.69) is 30.9 Å². The van der Waals surface area contributed by atoms with Gasteiger partial charge in [-0.1, -0.05) is 13.8 Å². The van der Waals surface area contributed by atoms with Gasteiger partial charge in [0.05, 0.1) is 0 Å². The standard InChI is InChI=1S/C13H25NS/c1-11(2)13(6-3-8-14-13)7-4-12-5-9-15-10-12/h11-12,14H,3-10H2,1-2H3. The molecular weight excluding hydrogens is 202 g/mol. The molecule has 88 valence electrons. The first-order valence-corrected chi connectivity index (χ1v) is 7.71. The number of nitrogens with one attached hydrogen (secondary N) is 1. The largest absolute Gasteiger partial charge is 0.311 e. The molecule has 0 aromatic rings. The van der Waals surface area contributed by atoms with Gasteiger partial charge in [-0.3, -0.25) is 0 Å². The molecule has 2 saturated heterocycles. The lowest BCUT2D eigenvalue weighted by molar-refractivity contribution is 0.234. The second-order valence-corrected chi connectivity index (χ2v) is 6.76. The van der Waals surface area contributed by atoms with Crippen LogP contribution in [-0.2, 0) is 0 Å². The molecule has 0 aliphatic carbocycles. The lowest BCUT2D eigenvalue weighted by Gasteiger charge is -2.35. The van der Waals surface area contributed by atoms with Gasteiger partial charge in [-0.05, 0) is 62.0 Å². The molecule has 2 fully saturated rings. The Balaban J connectivity index is 1.83. The highest BCUT2D eigenvalue weighted by molar-refractivity contribution is 7.99. The Morgan fingerprint density at radius 2 is 2.33 bits per heavy atom. The smallest absolute Gasteiger partial charge is 0.0205 e. The summed E-state index contributed by atoms with van der Waals surface area (Å²) in [7, 11) is 0. The molecule has 1 N–H and O–H groups in total. The highest BCUT2D eigenvalue weighted by atomic mass is 32.2. The summed E-state index contributed by atoms with van der Waals surface area (Å²) in [6, 6.07) is 0. The van der Waals surface area contributed by atoms with Crippen LogP contribution in [0.5, 0.6) is 0 Å². The molecular formula is C13H25NS. The van der Waals surface area contributed by atoms with Crippen molar-refractivity contribution in [1.82, 2.24) is 5.32 Å². The van der Waals surface area contributed by atoms with E-state index in [9.17, 15) is 0 Å². The van der Waals surface area contributed by atoms with E-state index in [0.29, 0.717) is 5.54 Å². The van der Waals surface area contributed by atoms with Crippen molar-refractivity contribution in [3.05, 3.63) is 0 Å². The second kappa shape index (κ2) is 5.09. The van der Waals surface area contributed by atoms with Crippen LogP contribution < -0.4 is 5.32 Å². The first kappa shape index (κ1) is 11.8. The fourth-order valence-corrected chi connectivity index (χ4v) is 4.43. The zero-order valence-electron chi connectivity index (χ0n) is 10.2. The third-order valence-corrected chi connectivity index (χ3v) is 5.64. The van der Waals surface area contributed by atoms with E-state index < -0.39 is 0 Å². The van der Waals surface area contributed by atoms with Gasteiger partial charge in [0.1, 0.15) is 0 Å². The van der Waals surface area contributed by atoms with Gasteiger partial charge in [0.2, 0.25) is 0 Å². The van der Waals surface area contributed by atoms with Gasteiger partial charge in [0.15, 0.2) is 0 Å². The molecule has 15 heavy (non-hydrogen) atoms. The minimum atomic E-state index is 0.493. The molecule has 2 aliphatic heterocycles. The van der Waals surface area contributed by atoms with Crippen LogP contribution in [0.1, 0.15) is 46.0 Å². The minimum Gasteiger partial charge on any atom is -0.311 e. The van der Waals surface area contributed by atoms with Gasteiger partial charge in [-0.2, -0.15) is 11.8 Å². The Labute approximate surface area is 98.8 Å². The number of rotatable bonds is 4. The van der Waals surface area contributed by atoms with Gasteiger partial charge in [0.25, 0.3) is 0 Å². The molecule has 1 nitrogen and oxygen atoms in total. The topological polar surface area (TPSA) is 12.0 Å². The van der Waals surface area contributed by atoms with Gasteiger partial charge in [-0.25, -0.2) is 0 Å². The number of hydrogen-bond donors (Lipinski definition) is 1. The van der Waals surface area contributed by atoms with Crippen molar-refractivity contribution < 1.29 is 0 Å². The number of thioether (sulfide) groups is 1. The Kier molecular flexibility index (Phi) is 4.00. The van der Waals surface area contributed by atoms with Crippen molar-refractivity contribution in [2.75, 3.05) is 18.1 Å². The molecule has 2 heterocycles. The molecule has 0 aromatic carbocycles. The molecule has 2 rings (SSSR count). The minimum absolute atomic E-state index is 0.493. The van der Waals surface area contributed by atoms with E-state index in [4.69, 9.17) is 0 Å². The molecule has 2 aliphatic rings.